The van der Waals surface area contributed by atoms with Gasteiger partial charge in [0, 0.05) is 12.5 Å². The molecule has 0 spiro atoms. The lowest BCUT2D eigenvalue weighted by atomic mass is 9.87. The Balaban J connectivity index is 2.03. The lowest BCUT2D eigenvalue weighted by molar-refractivity contribution is -0.155. The van der Waals surface area contributed by atoms with Crippen LogP contribution in [0.4, 0.5) is 0 Å². The maximum atomic E-state index is 12.7. The minimum Gasteiger partial charge on any atom is -0.480 e. The quantitative estimate of drug-likeness (QED) is 0.846. The van der Waals surface area contributed by atoms with E-state index in [1.165, 1.54) is 19.3 Å². The molecule has 0 aromatic carbocycles. The smallest absolute Gasteiger partial charge is 0.326 e. The van der Waals surface area contributed by atoms with Crippen LogP contribution in [0.25, 0.3) is 0 Å². The number of piperidine rings is 1. The summed E-state index contributed by atoms with van der Waals surface area (Å²) in [6.07, 6.45) is 9.34. The Morgan fingerprint density at radius 1 is 1.00 bits per heavy atom. The van der Waals surface area contributed by atoms with E-state index in [-0.39, 0.29) is 11.8 Å². The number of likely N-dealkylation sites (tertiary alicyclic amines) is 1. The number of carboxylic acids is 1. The summed E-state index contributed by atoms with van der Waals surface area (Å²) in [6.45, 7) is 2.70. The molecule has 4 heteroatoms. The lowest BCUT2D eigenvalue weighted by Gasteiger charge is -2.38. The summed E-state index contributed by atoms with van der Waals surface area (Å²) in [4.78, 5) is 25.8. The van der Waals surface area contributed by atoms with Gasteiger partial charge in [-0.2, -0.15) is 0 Å². The van der Waals surface area contributed by atoms with Crippen LogP contribution in [0.5, 0.6) is 0 Å². The van der Waals surface area contributed by atoms with Crippen LogP contribution >= 0.6 is 0 Å². The fourth-order valence-corrected chi connectivity index (χ4v) is 3.58. The van der Waals surface area contributed by atoms with Crippen LogP contribution in [0.3, 0.4) is 0 Å². The van der Waals surface area contributed by atoms with Gasteiger partial charge in [0.25, 0.3) is 0 Å². The van der Waals surface area contributed by atoms with E-state index in [0.29, 0.717) is 18.9 Å². The van der Waals surface area contributed by atoms with E-state index in [9.17, 15) is 14.7 Å². The first-order valence-corrected chi connectivity index (χ1v) is 8.13. The number of hydrogen-bond acceptors (Lipinski definition) is 2. The molecule has 2 unspecified atom stereocenters. The molecule has 1 saturated carbocycles. The van der Waals surface area contributed by atoms with Crippen molar-refractivity contribution < 1.29 is 14.7 Å². The average molecular weight is 281 g/mol. The first-order valence-electron chi connectivity index (χ1n) is 8.13. The second-order valence-electron chi connectivity index (χ2n) is 6.56. The topological polar surface area (TPSA) is 57.6 Å². The van der Waals surface area contributed by atoms with Crippen LogP contribution in [0.1, 0.15) is 64.7 Å². The number of aliphatic carboxylic acids is 1. The van der Waals surface area contributed by atoms with E-state index < -0.39 is 12.0 Å². The van der Waals surface area contributed by atoms with Crippen LogP contribution in [0.15, 0.2) is 0 Å². The predicted molar refractivity (Wildman–Crippen MR) is 77.3 cm³/mol. The van der Waals surface area contributed by atoms with Gasteiger partial charge in [-0.3, -0.25) is 4.79 Å². The molecule has 1 N–H and O–H groups in total. The third-order valence-corrected chi connectivity index (χ3v) is 4.89. The number of carbonyl (C=O) groups is 2. The van der Waals surface area contributed by atoms with E-state index in [1.807, 2.05) is 0 Å². The highest BCUT2D eigenvalue weighted by atomic mass is 16.4. The number of carboxylic acid groups (broad SMARTS) is 1. The third-order valence-electron chi connectivity index (χ3n) is 4.89. The summed E-state index contributed by atoms with van der Waals surface area (Å²) in [5, 5.41) is 9.38. The van der Waals surface area contributed by atoms with Gasteiger partial charge in [-0.25, -0.2) is 4.79 Å². The van der Waals surface area contributed by atoms with Gasteiger partial charge in [0.05, 0.1) is 0 Å². The van der Waals surface area contributed by atoms with E-state index in [2.05, 4.69) is 6.92 Å². The molecule has 1 aliphatic heterocycles. The standard InChI is InChI=1S/C16H27NO3/c1-12-9-10-17(14(11-12)16(19)20)15(18)13-7-5-3-2-4-6-8-13/h12-14H,2-11H2,1H3,(H,19,20). The number of nitrogens with zero attached hydrogens (tertiary/aromatic N) is 1. The molecule has 1 amide bonds. The fourth-order valence-electron chi connectivity index (χ4n) is 3.58. The minimum absolute atomic E-state index is 0.0607. The van der Waals surface area contributed by atoms with Crippen molar-refractivity contribution in [1.29, 1.82) is 0 Å². The molecule has 2 atom stereocenters. The SMILES string of the molecule is CC1CCN(C(=O)C2CCCCCCC2)C(C(=O)O)C1. The van der Waals surface area contributed by atoms with Gasteiger partial charge >= 0.3 is 5.97 Å². The Kier molecular flexibility index (Phi) is 5.44. The minimum atomic E-state index is -0.837. The van der Waals surface area contributed by atoms with E-state index in [1.54, 1.807) is 4.90 Å². The molecule has 2 rings (SSSR count). The third kappa shape index (κ3) is 3.74. The molecule has 1 heterocycles. The summed E-state index contributed by atoms with van der Waals surface area (Å²) in [7, 11) is 0. The predicted octanol–water partition coefficient (Wildman–Crippen LogP) is 3.06. The Morgan fingerprint density at radius 3 is 2.20 bits per heavy atom. The van der Waals surface area contributed by atoms with Gasteiger partial charge in [0.1, 0.15) is 6.04 Å². The van der Waals surface area contributed by atoms with Gasteiger partial charge in [-0.15, -0.1) is 0 Å². The van der Waals surface area contributed by atoms with Gasteiger partial charge in [-0.05, 0) is 31.6 Å². The first-order chi connectivity index (χ1) is 9.59. The molecule has 2 aliphatic rings. The van der Waals surface area contributed by atoms with Gasteiger partial charge in [-0.1, -0.05) is 39.0 Å². The van der Waals surface area contributed by atoms with Crippen molar-refractivity contribution in [3.63, 3.8) is 0 Å². The van der Waals surface area contributed by atoms with Crippen LogP contribution in [-0.4, -0.2) is 34.5 Å². The van der Waals surface area contributed by atoms with Crippen molar-refractivity contribution in [3.05, 3.63) is 0 Å². The molecule has 2 fully saturated rings. The van der Waals surface area contributed by atoms with Gasteiger partial charge in [0.15, 0.2) is 0 Å². The van der Waals surface area contributed by atoms with Crippen molar-refractivity contribution in [2.45, 2.75) is 70.8 Å². The molecule has 114 valence electrons. The van der Waals surface area contributed by atoms with Gasteiger partial charge in [0.2, 0.25) is 5.91 Å². The second kappa shape index (κ2) is 7.09. The van der Waals surface area contributed by atoms with Crippen molar-refractivity contribution in [1.82, 2.24) is 4.90 Å². The zero-order valence-electron chi connectivity index (χ0n) is 12.5. The first kappa shape index (κ1) is 15.3. The highest BCUT2D eigenvalue weighted by Gasteiger charge is 2.37. The highest BCUT2D eigenvalue weighted by Crippen LogP contribution is 2.29. The fraction of sp³-hybridized carbons (Fsp3) is 0.875. The van der Waals surface area contributed by atoms with Crippen LogP contribution in [-0.2, 0) is 9.59 Å². The summed E-state index contributed by atoms with van der Waals surface area (Å²) >= 11 is 0. The van der Waals surface area contributed by atoms with Crippen LogP contribution in [0, 0.1) is 11.8 Å². The molecule has 1 aliphatic carbocycles. The largest absolute Gasteiger partial charge is 0.480 e. The Labute approximate surface area is 121 Å². The van der Waals surface area contributed by atoms with Gasteiger partial charge < -0.3 is 10.0 Å². The monoisotopic (exact) mass is 281 g/mol. The molecule has 0 aromatic rings. The zero-order valence-corrected chi connectivity index (χ0v) is 12.5. The number of amides is 1. The second-order valence-corrected chi connectivity index (χ2v) is 6.56. The van der Waals surface area contributed by atoms with Crippen molar-refractivity contribution >= 4 is 11.9 Å². The number of hydrogen-bond donors (Lipinski definition) is 1. The lowest BCUT2D eigenvalue weighted by Crippen LogP contribution is -2.51. The van der Waals surface area contributed by atoms with E-state index in [0.717, 1.165) is 32.1 Å². The molecule has 4 nitrogen and oxygen atoms in total. The molecule has 0 radical (unpaired) electrons. The van der Waals surface area contributed by atoms with Crippen molar-refractivity contribution in [2.75, 3.05) is 6.54 Å². The number of carbonyl (C=O) groups excluding carboxylic acids is 1. The highest BCUT2D eigenvalue weighted by molar-refractivity contribution is 5.85. The maximum Gasteiger partial charge on any atom is 0.326 e. The molecule has 1 saturated heterocycles. The average Bonchev–Trinajstić information content (AvgIpc) is 2.37. The Morgan fingerprint density at radius 2 is 1.60 bits per heavy atom. The maximum absolute atomic E-state index is 12.7. The molecule has 0 aromatic heterocycles. The Bertz CT molecular complexity index is 348. The summed E-state index contributed by atoms with van der Waals surface area (Å²) in [6, 6.07) is -0.600. The van der Waals surface area contributed by atoms with E-state index in [4.69, 9.17) is 0 Å². The van der Waals surface area contributed by atoms with Crippen LogP contribution < -0.4 is 0 Å². The normalized spacial score (nSPS) is 29.6. The van der Waals surface area contributed by atoms with Crippen LogP contribution in [0.2, 0.25) is 0 Å². The van der Waals surface area contributed by atoms with E-state index >= 15 is 0 Å². The summed E-state index contributed by atoms with van der Waals surface area (Å²) in [5.74, 6) is -0.273. The molecule has 0 bridgehead atoms. The Hall–Kier alpha value is -1.06. The number of rotatable bonds is 2. The summed E-state index contributed by atoms with van der Waals surface area (Å²) < 4.78 is 0. The van der Waals surface area contributed by atoms with Crippen molar-refractivity contribution in [3.8, 4) is 0 Å². The summed E-state index contributed by atoms with van der Waals surface area (Å²) in [5.41, 5.74) is 0. The molecule has 20 heavy (non-hydrogen) atoms. The van der Waals surface area contributed by atoms with Crippen molar-refractivity contribution in [2.24, 2.45) is 11.8 Å². The zero-order chi connectivity index (χ0) is 14.5. The molecular weight excluding hydrogens is 254 g/mol. The molecular formula is C16H27NO3.